The lowest BCUT2D eigenvalue weighted by atomic mass is 10.0. The molecule has 0 saturated carbocycles. The van der Waals surface area contributed by atoms with Gasteiger partial charge in [-0.05, 0) is 42.5 Å². The van der Waals surface area contributed by atoms with Crippen molar-refractivity contribution in [1.82, 2.24) is 15.8 Å². The van der Waals surface area contributed by atoms with Crippen molar-refractivity contribution in [1.29, 1.82) is 0 Å². The van der Waals surface area contributed by atoms with Gasteiger partial charge >= 0.3 is 5.97 Å². The minimum atomic E-state index is -0.708. The number of benzene rings is 3. The molecule has 0 atom stereocenters. The number of esters is 1. The highest BCUT2D eigenvalue weighted by molar-refractivity contribution is 6.05. The van der Waals surface area contributed by atoms with Gasteiger partial charge in [-0.25, -0.2) is 9.78 Å². The highest BCUT2D eigenvalue weighted by Gasteiger charge is 2.18. The van der Waals surface area contributed by atoms with Gasteiger partial charge in [0.2, 0.25) is 0 Å². The SMILES string of the molecule is COc1ccc(-c2cc(C(=O)OCC(=O)NNC(=O)c3ccccc3)c3ccccc3n2)cc1OC. The number of hydrazine groups is 1. The molecule has 0 aliphatic heterocycles. The molecule has 3 aromatic carbocycles. The van der Waals surface area contributed by atoms with Gasteiger partial charge in [-0.1, -0.05) is 36.4 Å². The van der Waals surface area contributed by atoms with Gasteiger partial charge in [0.15, 0.2) is 18.1 Å². The molecule has 0 radical (unpaired) electrons. The summed E-state index contributed by atoms with van der Waals surface area (Å²) in [5.41, 5.74) is 6.93. The average molecular weight is 485 g/mol. The zero-order valence-corrected chi connectivity index (χ0v) is 19.6. The number of aromatic nitrogens is 1. The number of nitrogens with zero attached hydrogens (tertiary/aromatic N) is 1. The molecule has 2 N–H and O–H groups in total. The first-order valence-electron chi connectivity index (χ1n) is 10.9. The van der Waals surface area contributed by atoms with E-state index < -0.39 is 24.4 Å². The van der Waals surface area contributed by atoms with E-state index in [4.69, 9.17) is 14.2 Å². The normalized spacial score (nSPS) is 10.4. The molecule has 0 aliphatic rings. The van der Waals surface area contributed by atoms with Crippen LogP contribution < -0.4 is 20.3 Å². The molecule has 2 amide bonds. The Morgan fingerprint density at radius 3 is 2.28 bits per heavy atom. The summed E-state index contributed by atoms with van der Waals surface area (Å²) in [5.74, 6) is -0.809. The average Bonchev–Trinajstić information content (AvgIpc) is 2.93. The summed E-state index contributed by atoms with van der Waals surface area (Å²) in [5, 5.41) is 0.574. The van der Waals surface area contributed by atoms with Crippen LogP contribution in [0.5, 0.6) is 11.5 Å². The van der Waals surface area contributed by atoms with Crippen molar-refractivity contribution in [3.05, 3.63) is 90.0 Å². The number of hydrogen-bond donors (Lipinski definition) is 2. The van der Waals surface area contributed by atoms with Crippen molar-refractivity contribution in [2.45, 2.75) is 0 Å². The molecule has 4 rings (SSSR count). The number of methoxy groups -OCH3 is 2. The van der Waals surface area contributed by atoms with Crippen molar-refractivity contribution in [3.63, 3.8) is 0 Å². The van der Waals surface area contributed by atoms with Gasteiger partial charge in [-0.2, -0.15) is 0 Å². The maximum Gasteiger partial charge on any atom is 0.339 e. The summed E-state index contributed by atoms with van der Waals surface area (Å²) in [7, 11) is 3.08. The fraction of sp³-hybridized carbons (Fsp3) is 0.111. The van der Waals surface area contributed by atoms with Crippen LogP contribution in [-0.2, 0) is 9.53 Å². The Balaban J connectivity index is 1.51. The molecule has 1 aromatic heterocycles. The molecule has 0 unspecified atom stereocenters. The minimum absolute atomic E-state index is 0.242. The van der Waals surface area contributed by atoms with Crippen LogP contribution in [0.4, 0.5) is 0 Å². The fourth-order valence-electron chi connectivity index (χ4n) is 3.52. The Labute approximate surface area is 207 Å². The first kappa shape index (κ1) is 24.2. The number of ether oxygens (including phenoxy) is 3. The molecule has 0 aliphatic carbocycles. The first-order valence-corrected chi connectivity index (χ1v) is 10.9. The summed E-state index contributed by atoms with van der Waals surface area (Å²) >= 11 is 0. The number of hydrogen-bond acceptors (Lipinski definition) is 7. The van der Waals surface area contributed by atoms with Gasteiger partial charge in [0.25, 0.3) is 11.8 Å². The smallest absolute Gasteiger partial charge is 0.339 e. The Morgan fingerprint density at radius 2 is 1.53 bits per heavy atom. The zero-order chi connectivity index (χ0) is 25.5. The first-order chi connectivity index (χ1) is 17.5. The van der Waals surface area contributed by atoms with E-state index in [9.17, 15) is 14.4 Å². The maximum atomic E-state index is 13.0. The summed E-state index contributed by atoms with van der Waals surface area (Å²) in [6, 6.07) is 22.4. The molecule has 0 saturated heterocycles. The van der Waals surface area contributed by atoms with E-state index in [0.717, 1.165) is 0 Å². The van der Waals surface area contributed by atoms with E-state index in [1.54, 1.807) is 79.9 Å². The van der Waals surface area contributed by atoms with E-state index in [2.05, 4.69) is 15.8 Å². The molecule has 0 spiro atoms. The molecule has 9 nitrogen and oxygen atoms in total. The van der Waals surface area contributed by atoms with E-state index in [1.165, 1.54) is 7.11 Å². The molecule has 9 heteroatoms. The molecule has 182 valence electrons. The van der Waals surface area contributed by atoms with E-state index in [-0.39, 0.29) is 5.56 Å². The summed E-state index contributed by atoms with van der Waals surface area (Å²) in [4.78, 5) is 41.8. The van der Waals surface area contributed by atoms with Crippen LogP contribution in [0.15, 0.2) is 78.9 Å². The Morgan fingerprint density at radius 1 is 0.806 bits per heavy atom. The molecular formula is C27H23N3O6. The molecule has 4 aromatic rings. The number of amides is 2. The van der Waals surface area contributed by atoms with Crippen LogP contribution in [0.1, 0.15) is 20.7 Å². The number of nitrogens with one attached hydrogen (secondary N) is 2. The van der Waals surface area contributed by atoms with Gasteiger partial charge in [-0.3, -0.25) is 20.4 Å². The van der Waals surface area contributed by atoms with Gasteiger partial charge in [-0.15, -0.1) is 0 Å². The number of carbonyl (C=O) groups is 3. The zero-order valence-electron chi connectivity index (χ0n) is 19.6. The van der Waals surface area contributed by atoms with Crippen molar-refractivity contribution >= 4 is 28.7 Å². The van der Waals surface area contributed by atoms with Crippen LogP contribution in [0, 0.1) is 0 Å². The fourth-order valence-corrected chi connectivity index (χ4v) is 3.52. The quantitative estimate of drug-likeness (QED) is 0.304. The molecule has 0 bridgehead atoms. The molecule has 36 heavy (non-hydrogen) atoms. The second-order valence-electron chi connectivity index (χ2n) is 7.59. The van der Waals surface area contributed by atoms with Crippen molar-refractivity contribution in [2.75, 3.05) is 20.8 Å². The van der Waals surface area contributed by atoms with Crippen LogP contribution in [-0.4, -0.2) is 43.6 Å². The molecular weight excluding hydrogens is 462 g/mol. The largest absolute Gasteiger partial charge is 0.493 e. The monoisotopic (exact) mass is 485 g/mol. The van der Waals surface area contributed by atoms with Crippen LogP contribution in [0.25, 0.3) is 22.2 Å². The minimum Gasteiger partial charge on any atom is -0.493 e. The summed E-state index contributed by atoms with van der Waals surface area (Å²) in [6.45, 7) is -0.587. The van der Waals surface area contributed by atoms with Crippen molar-refractivity contribution < 1.29 is 28.6 Å². The van der Waals surface area contributed by atoms with E-state index in [0.29, 0.717) is 39.2 Å². The summed E-state index contributed by atoms with van der Waals surface area (Å²) < 4.78 is 15.9. The predicted octanol–water partition coefficient (Wildman–Crippen LogP) is 3.54. The topological polar surface area (TPSA) is 116 Å². The Hall–Kier alpha value is -4.92. The lowest BCUT2D eigenvalue weighted by Gasteiger charge is -2.12. The number of fused-ring (bicyclic) bond motifs is 1. The van der Waals surface area contributed by atoms with Gasteiger partial charge in [0, 0.05) is 16.5 Å². The Kier molecular flexibility index (Phi) is 7.40. The lowest BCUT2D eigenvalue weighted by Crippen LogP contribution is -2.43. The van der Waals surface area contributed by atoms with Crippen LogP contribution in [0.3, 0.4) is 0 Å². The second-order valence-corrected chi connectivity index (χ2v) is 7.59. The lowest BCUT2D eigenvalue weighted by molar-refractivity contribution is -0.125. The third kappa shape index (κ3) is 5.41. The van der Waals surface area contributed by atoms with Gasteiger partial charge in [0.1, 0.15) is 0 Å². The van der Waals surface area contributed by atoms with E-state index >= 15 is 0 Å². The number of carbonyl (C=O) groups excluding carboxylic acids is 3. The number of para-hydroxylation sites is 1. The van der Waals surface area contributed by atoms with Crippen LogP contribution >= 0.6 is 0 Å². The van der Waals surface area contributed by atoms with Crippen LogP contribution in [0.2, 0.25) is 0 Å². The standard InChI is InChI=1S/C27H23N3O6/c1-34-23-13-12-18(14-24(23)35-2)22-15-20(19-10-6-7-11-21(19)28-22)27(33)36-16-25(31)29-30-26(32)17-8-4-3-5-9-17/h3-15H,16H2,1-2H3,(H,29,31)(H,30,32). The van der Waals surface area contributed by atoms with Crippen molar-refractivity contribution in [3.8, 4) is 22.8 Å². The van der Waals surface area contributed by atoms with Gasteiger partial charge in [0.05, 0.1) is 31.0 Å². The summed E-state index contributed by atoms with van der Waals surface area (Å²) in [6.07, 6.45) is 0. The third-order valence-electron chi connectivity index (χ3n) is 5.30. The highest BCUT2D eigenvalue weighted by atomic mass is 16.5. The Bertz CT molecular complexity index is 1420. The number of pyridine rings is 1. The molecule has 1 heterocycles. The van der Waals surface area contributed by atoms with E-state index in [1.807, 2.05) is 6.07 Å². The maximum absolute atomic E-state index is 13.0. The predicted molar refractivity (Wildman–Crippen MR) is 133 cm³/mol. The van der Waals surface area contributed by atoms with Crippen molar-refractivity contribution in [2.24, 2.45) is 0 Å². The highest BCUT2D eigenvalue weighted by Crippen LogP contribution is 2.33. The third-order valence-corrected chi connectivity index (χ3v) is 5.30. The molecule has 0 fully saturated rings. The second kappa shape index (κ2) is 11.0. The number of rotatable bonds is 7. The van der Waals surface area contributed by atoms with Gasteiger partial charge < -0.3 is 14.2 Å².